The van der Waals surface area contributed by atoms with Gasteiger partial charge < -0.3 is 9.64 Å². The predicted molar refractivity (Wildman–Crippen MR) is 91.5 cm³/mol. The number of hydrogen-bond acceptors (Lipinski definition) is 6. The number of nitrogens with zero attached hydrogens (tertiary/aromatic N) is 2. The summed E-state index contributed by atoms with van der Waals surface area (Å²) in [5, 5.41) is 0. The SMILES string of the molecule is CS(=O)(=O)c1ccc(S(=O)(=O)N2CC[C@@]34OCCCN3C(=O)C[C@@H]24)cc1. The van der Waals surface area contributed by atoms with E-state index in [1.165, 1.54) is 28.6 Å². The van der Waals surface area contributed by atoms with Crippen molar-refractivity contribution in [2.24, 2.45) is 0 Å². The van der Waals surface area contributed by atoms with E-state index in [4.69, 9.17) is 4.74 Å². The Morgan fingerprint density at radius 1 is 1.08 bits per heavy atom. The Morgan fingerprint density at radius 2 is 1.73 bits per heavy atom. The molecule has 0 aliphatic carbocycles. The maximum absolute atomic E-state index is 13.1. The molecule has 142 valence electrons. The summed E-state index contributed by atoms with van der Waals surface area (Å²) >= 11 is 0. The normalized spacial score (nSPS) is 29.7. The Balaban J connectivity index is 1.68. The quantitative estimate of drug-likeness (QED) is 0.719. The molecule has 3 saturated heterocycles. The van der Waals surface area contributed by atoms with Crippen LogP contribution in [0.2, 0.25) is 0 Å². The highest BCUT2D eigenvalue weighted by Crippen LogP contribution is 2.46. The molecule has 0 unspecified atom stereocenters. The van der Waals surface area contributed by atoms with E-state index in [1.54, 1.807) is 4.90 Å². The van der Waals surface area contributed by atoms with Gasteiger partial charge in [0, 0.05) is 32.2 Å². The lowest BCUT2D eigenvalue weighted by Gasteiger charge is -2.42. The molecule has 1 spiro atoms. The van der Waals surface area contributed by atoms with Crippen LogP contribution in [0.3, 0.4) is 0 Å². The van der Waals surface area contributed by atoms with Crippen molar-refractivity contribution in [3.8, 4) is 0 Å². The van der Waals surface area contributed by atoms with Crippen LogP contribution in [0.1, 0.15) is 19.3 Å². The number of sulfonamides is 1. The number of amides is 1. The zero-order valence-electron chi connectivity index (χ0n) is 14.3. The summed E-state index contributed by atoms with van der Waals surface area (Å²) in [4.78, 5) is 14.1. The third kappa shape index (κ3) is 2.50. The Bertz CT molecular complexity index is 957. The summed E-state index contributed by atoms with van der Waals surface area (Å²) in [6, 6.07) is 4.63. The number of carbonyl (C=O) groups is 1. The fourth-order valence-electron chi connectivity index (χ4n) is 4.19. The third-order valence-corrected chi connectivity index (χ3v) is 8.47. The van der Waals surface area contributed by atoms with Gasteiger partial charge in [0.15, 0.2) is 15.6 Å². The van der Waals surface area contributed by atoms with Gasteiger partial charge in [-0.1, -0.05) is 0 Å². The Labute approximate surface area is 152 Å². The molecule has 0 aromatic heterocycles. The van der Waals surface area contributed by atoms with Gasteiger partial charge in [-0.2, -0.15) is 4.31 Å². The van der Waals surface area contributed by atoms with E-state index in [1.807, 2.05) is 0 Å². The van der Waals surface area contributed by atoms with Crippen LogP contribution < -0.4 is 0 Å². The molecule has 0 radical (unpaired) electrons. The first kappa shape index (κ1) is 17.9. The van der Waals surface area contributed by atoms with Crippen LogP contribution in [0.4, 0.5) is 0 Å². The van der Waals surface area contributed by atoms with Crippen molar-refractivity contribution in [2.75, 3.05) is 26.0 Å². The second-order valence-electron chi connectivity index (χ2n) is 6.92. The molecule has 3 fully saturated rings. The summed E-state index contributed by atoms with van der Waals surface area (Å²) in [5.41, 5.74) is -0.852. The molecule has 10 heteroatoms. The van der Waals surface area contributed by atoms with Crippen LogP contribution >= 0.6 is 0 Å². The maximum atomic E-state index is 13.1. The minimum atomic E-state index is -3.85. The van der Waals surface area contributed by atoms with E-state index < -0.39 is 31.6 Å². The lowest BCUT2D eigenvalue weighted by molar-refractivity contribution is -0.178. The lowest BCUT2D eigenvalue weighted by Crippen LogP contribution is -2.56. The number of rotatable bonds is 3. The number of hydrogen-bond donors (Lipinski definition) is 0. The second-order valence-corrected chi connectivity index (χ2v) is 10.8. The van der Waals surface area contributed by atoms with Crippen LogP contribution in [0.15, 0.2) is 34.1 Å². The van der Waals surface area contributed by atoms with Crippen LogP contribution in [0.5, 0.6) is 0 Å². The first-order valence-corrected chi connectivity index (χ1v) is 11.8. The van der Waals surface area contributed by atoms with E-state index in [0.717, 1.165) is 12.7 Å². The fourth-order valence-corrected chi connectivity index (χ4v) is 6.48. The summed E-state index contributed by atoms with van der Waals surface area (Å²) in [6.45, 7) is 1.37. The molecular weight excluding hydrogens is 380 g/mol. The van der Waals surface area contributed by atoms with Gasteiger partial charge in [0.05, 0.1) is 22.4 Å². The molecule has 1 aromatic carbocycles. The molecule has 0 bridgehead atoms. The van der Waals surface area contributed by atoms with Crippen molar-refractivity contribution >= 4 is 25.8 Å². The summed E-state index contributed by atoms with van der Waals surface area (Å²) < 4.78 is 56.6. The molecule has 4 rings (SSSR count). The van der Waals surface area contributed by atoms with Crippen molar-refractivity contribution in [1.29, 1.82) is 0 Å². The molecule has 26 heavy (non-hydrogen) atoms. The number of benzene rings is 1. The average Bonchev–Trinajstić information content (AvgIpc) is 3.07. The Hall–Kier alpha value is -1.49. The van der Waals surface area contributed by atoms with Crippen LogP contribution in [0, 0.1) is 0 Å². The first-order chi connectivity index (χ1) is 12.2. The number of carbonyl (C=O) groups excluding carboxylic acids is 1. The molecule has 3 aliphatic rings. The molecular formula is C16H20N2O6S2. The van der Waals surface area contributed by atoms with Crippen molar-refractivity contribution in [1.82, 2.24) is 9.21 Å². The summed E-state index contributed by atoms with van der Waals surface area (Å²) in [7, 11) is -7.26. The zero-order chi connectivity index (χ0) is 18.7. The van der Waals surface area contributed by atoms with Crippen LogP contribution in [0.25, 0.3) is 0 Å². The number of ether oxygens (including phenoxy) is 1. The van der Waals surface area contributed by atoms with E-state index in [2.05, 4.69) is 0 Å². The average molecular weight is 400 g/mol. The highest BCUT2D eigenvalue weighted by atomic mass is 32.2. The predicted octanol–water partition coefficient (Wildman–Crippen LogP) is 0.202. The van der Waals surface area contributed by atoms with Crippen molar-refractivity contribution in [2.45, 2.75) is 40.8 Å². The highest BCUT2D eigenvalue weighted by molar-refractivity contribution is 7.90. The van der Waals surface area contributed by atoms with Crippen molar-refractivity contribution < 1.29 is 26.4 Å². The molecule has 1 amide bonds. The van der Waals surface area contributed by atoms with Gasteiger partial charge in [0.1, 0.15) is 0 Å². The topological polar surface area (TPSA) is 101 Å². The zero-order valence-corrected chi connectivity index (χ0v) is 15.9. The number of sulfone groups is 1. The van der Waals surface area contributed by atoms with Crippen LogP contribution in [-0.2, 0) is 29.4 Å². The molecule has 3 heterocycles. The summed E-state index contributed by atoms with van der Waals surface area (Å²) in [6.07, 6.45) is 2.38. The summed E-state index contributed by atoms with van der Waals surface area (Å²) in [5.74, 6) is -0.0815. The van der Waals surface area contributed by atoms with Gasteiger partial charge in [-0.3, -0.25) is 4.79 Å². The molecule has 8 nitrogen and oxygen atoms in total. The van der Waals surface area contributed by atoms with Crippen molar-refractivity contribution in [3.63, 3.8) is 0 Å². The molecule has 2 atom stereocenters. The van der Waals surface area contributed by atoms with Gasteiger partial charge in [-0.25, -0.2) is 16.8 Å². The maximum Gasteiger partial charge on any atom is 0.243 e. The second kappa shape index (κ2) is 5.75. The van der Waals surface area contributed by atoms with E-state index >= 15 is 0 Å². The Kier molecular flexibility index (Phi) is 3.96. The van der Waals surface area contributed by atoms with Gasteiger partial charge in [-0.15, -0.1) is 0 Å². The van der Waals surface area contributed by atoms with E-state index in [0.29, 0.717) is 19.6 Å². The fraction of sp³-hybridized carbons (Fsp3) is 0.562. The van der Waals surface area contributed by atoms with Crippen LogP contribution in [-0.4, -0.2) is 69.7 Å². The third-order valence-electron chi connectivity index (χ3n) is 5.42. The van der Waals surface area contributed by atoms with Crippen molar-refractivity contribution in [3.05, 3.63) is 24.3 Å². The minimum absolute atomic E-state index is 0.0173. The molecule has 0 N–H and O–H groups in total. The molecule has 1 aromatic rings. The molecule has 3 aliphatic heterocycles. The molecule has 0 saturated carbocycles. The lowest BCUT2D eigenvalue weighted by atomic mass is 10.0. The smallest absolute Gasteiger partial charge is 0.243 e. The van der Waals surface area contributed by atoms with E-state index in [9.17, 15) is 21.6 Å². The van der Waals surface area contributed by atoms with Gasteiger partial charge in [0.25, 0.3) is 0 Å². The largest absolute Gasteiger partial charge is 0.354 e. The van der Waals surface area contributed by atoms with Gasteiger partial charge in [-0.05, 0) is 30.7 Å². The van der Waals surface area contributed by atoms with Gasteiger partial charge in [0.2, 0.25) is 15.9 Å². The van der Waals surface area contributed by atoms with E-state index in [-0.39, 0.29) is 28.7 Å². The Morgan fingerprint density at radius 3 is 2.38 bits per heavy atom. The standard InChI is InChI=1S/C16H20N2O6S2/c1-25(20,21)12-3-5-13(6-4-12)26(22,23)18-9-7-16-14(18)11-15(19)17(16)8-2-10-24-16/h3-6,14H,2,7-11H2,1H3/t14-,16+/m1/s1. The monoisotopic (exact) mass is 400 g/mol. The first-order valence-electron chi connectivity index (χ1n) is 8.43. The minimum Gasteiger partial charge on any atom is -0.354 e. The highest BCUT2D eigenvalue weighted by Gasteiger charge is 2.63. The van der Waals surface area contributed by atoms with Gasteiger partial charge >= 0.3 is 0 Å².